The van der Waals surface area contributed by atoms with Gasteiger partial charge in [0.05, 0.1) is 18.3 Å². The number of nitrogens with two attached hydrogens (primary N) is 1. The van der Waals surface area contributed by atoms with Gasteiger partial charge in [0, 0.05) is 13.1 Å². The number of piperidine rings is 1. The predicted octanol–water partition coefficient (Wildman–Crippen LogP) is 4.15. The lowest BCUT2D eigenvalue weighted by molar-refractivity contribution is 0.0503. The molecule has 2 fully saturated rings. The van der Waals surface area contributed by atoms with E-state index in [1.165, 1.54) is 12.1 Å². The first-order valence-electron chi connectivity index (χ1n) is 10.7. The zero-order valence-electron chi connectivity index (χ0n) is 17.4. The Morgan fingerprint density at radius 1 is 1.20 bits per heavy atom. The maximum Gasteiger partial charge on any atom is 0.256 e. The molecule has 0 radical (unpaired) electrons. The lowest BCUT2D eigenvalue weighted by atomic mass is 9.77. The number of carbonyl (C=O) groups excluding carboxylic acids is 1. The van der Waals surface area contributed by atoms with E-state index in [-0.39, 0.29) is 23.0 Å². The van der Waals surface area contributed by atoms with Crippen molar-refractivity contribution in [1.82, 2.24) is 4.90 Å². The van der Waals surface area contributed by atoms with E-state index in [1.54, 1.807) is 11.0 Å². The van der Waals surface area contributed by atoms with Crippen LogP contribution in [0, 0.1) is 11.2 Å². The predicted molar refractivity (Wildman–Crippen MR) is 113 cm³/mol. The first kappa shape index (κ1) is 20.8. The molecule has 2 aromatic carbocycles. The molecule has 5 nitrogen and oxygen atoms in total. The number of carbonyl (C=O) groups is 1. The largest absolute Gasteiger partial charge is 0.457 e. The van der Waals surface area contributed by atoms with Gasteiger partial charge in [0.25, 0.3) is 5.91 Å². The highest BCUT2D eigenvalue weighted by Gasteiger charge is 2.42. The molecule has 2 aliphatic rings. The third kappa shape index (κ3) is 4.50. The van der Waals surface area contributed by atoms with Crippen molar-refractivity contribution in [3.8, 4) is 11.5 Å². The van der Waals surface area contributed by atoms with Gasteiger partial charge in [-0.3, -0.25) is 4.79 Å². The van der Waals surface area contributed by atoms with E-state index >= 15 is 0 Å². The topological polar surface area (TPSA) is 64.8 Å². The molecule has 0 saturated carbocycles. The number of benzene rings is 2. The van der Waals surface area contributed by atoms with E-state index < -0.39 is 5.82 Å². The minimum Gasteiger partial charge on any atom is -0.457 e. The molecule has 2 saturated heterocycles. The minimum absolute atomic E-state index is 0.0549. The van der Waals surface area contributed by atoms with Gasteiger partial charge in [-0.05, 0) is 80.5 Å². The lowest BCUT2D eigenvalue weighted by Gasteiger charge is -2.38. The van der Waals surface area contributed by atoms with Gasteiger partial charge in [-0.2, -0.15) is 0 Å². The summed E-state index contributed by atoms with van der Waals surface area (Å²) in [7, 11) is 0. The normalized spacial score (nSPS) is 20.5. The van der Waals surface area contributed by atoms with Crippen molar-refractivity contribution < 1.29 is 18.7 Å². The van der Waals surface area contributed by atoms with Crippen LogP contribution in [0.3, 0.4) is 0 Å². The summed E-state index contributed by atoms with van der Waals surface area (Å²) in [5.41, 5.74) is 6.93. The van der Waals surface area contributed by atoms with Crippen molar-refractivity contribution in [1.29, 1.82) is 0 Å². The maximum atomic E-state index is 14.5. The van der Waals surface area contributed by atoms with Crippen molar-refractivity contribution in [2.75, 3.05) is 26.2 Å². The van der Waals surface area contributed by atoms with Crippen LogP contribution in [0.15, 0.2) is 42.5 Å². The number of likely N-dealkylation sites (tertiary alicyclic amines) is 1. The molecular weight excluding hydrogens is 383 g/mol. The molecule has 0 bridgehead atoms. The van der Waals surface area contributed by atoms with Crippen LogP contribution in [0.4, 0.5) is 4.39 Å². The Balaban J connectivity index is 1.43. The van der Waals surface area contributed by atoms with E-state index in [9.17, 15) is 9.18 Å². The lowest BCUT2D eigenvalue weighted by Crippen LogP contribution is -2.43. The van der Waals surface area contributed by atoms with Gasteiger partial charge < -0.3 is 20.1 Å². The van der Waals surface area contributed by atoms with Gasteiger partial charge in [-0.25, -0.2) is 4.39 Å². The highest BCUT2D eigenvalue weighted by Crippen LogP contribution is 2.42. The molecule has 1 atom stereocenters. The average molecular weight is 413 g/mol. The Morgan fingerprint density at radius 3 is 2.53 bits per heavy atom. The molecule has 4 rings (SSSR count). The van der Waals surface area contributed by atoms with Crippen LogP contribution in [0.2, 0.25) is 0 Å². The van der Waals surface area contributed by atoms with Crippen LogP contribution in [-0.4, -0.2) is 43.2 Å². The van der Waals surface area contributed by atoms with Crippen molar-refractivity contribution in [2.45, 2.75) is 38.7 Å². The summed E-state index contributed by atoms with van der Waals surface area (Å²) < 4.78 is 26.1. The Labute approximate surface area is 177 Å². The highest BCUT2D eigenvalue weighted by molar-refractivity contribution is 5.95. The van der Waals surface area contributed by atoms with Gasteiger partial charge in [-0.1, -0.05) is 12.1 Å². The number of nitrogens with zero attached hydrogens (tertiary/aromatic N) is 1. The van der Waals surface area contributed by atoms with Crippen LogP contribution in [0.1, 0.15) is 42.1 Å². The zero-order chi connectivity index (χ0) is 21.1. The molecule has 1 amide bonds. The highest BCUT2D eigenvalue weighted by atomic mass is 19.1. The first-order chi connectivity index (χ1) is 14.5. The zero-order valence-corrected chi connectivity index (χ0v) is 17.4. The molecule has 1 unspecified atom stereocenters. The van der Waals surface area contributed by atoms with Gasteiger partial charge in [0.1, 0.15) is 17.3 Å². The van der Waals surface area contributed by atoms with Crippen LogP contribution in [0.5, 0.6) is 11.5 Å². The van der Waals surface area contributed by atoms with Gasteiger partial charge in [0.2, 0.25) is 0 Å². The van der Waals surface area contributed by atoms with E-state index in [0.29, 0.717) is 31.1 Å². The number of hydrogen-bond acceptors (Lipinski definition) is 4. The minimum atomic E-state index is -0.524. The molecule has 2 heterocycles. The van der Waals surface area contributed by atoms with Gasteiger partial charge in [0.15, 0.2) is 0 Å². The monoisotopic (exact) mass is 412 g/mol. The van der Waals surface area contributed by atoms with Gasteiger partial charge in [-0.15, -0.1) is 0 Å². The van der Waals surface area contributed by atoms with Crippen LogP contribution in [0.25, 0.3) is 0 Å². The molecule has 2 aromatic rings. The molecule has 160 valence electrons. The molecule has 2 N–H and O–H groups in total. The maximum absolute atomic E-state index is 14.5. The third-order valence-electron chi connectivity index (χ3n) is 6.27. The fraction of sp³-hybridized carbons (Fsp3) is 0.458. The molecule has 1 spiro atoms. The van der Waals surface area contributed by atoms with Crippen LogP contribution < -0.4 is 10.5 Å². The Hall–Kier alpha value is -2.44. The first-order valence-corrected chi connectivity index (χ1v) is 10.7. The molecular formula is C24H29FN2O3. The summed E-state index contributed by atoms with van der Waals surface area (Å²) in [5, 5.41) is 0. The van der Waals surface area contributed by atoms with E-state index in [0.717, 1.165) is 37.9 Å². The number of ether oxygens (including phenoxy) is 2. The van der Waals surface area contributed by atoms with E-state index in [1.807, 2.05) is 24.3 Å². The second-order valence-corrected chi connectivity index (χ2v) is 8.54. The standard InChI is InChI=1S/C24H29FN2O3/c1-17-15-24(16-29-17)9-12-27(13-10-24)23(28)21-14-20(6-7-22(21)25)30-19-4-2-18(3-5-19)8-11-26/h2-7,14,17H,8-13,15-16,26H2,1H3. The number of amides is 1. The Bertz CT molecular complexity index is 892. The molecule has 30 heavy (non-hydrogen) atoms. The SMILES string of the molecule is CC1CC2(CCN(C(=O)c3cc(Oc4ccc(CCN)cc4)ccc3F)CC2)CO1. The fourth-order valence-corrected chi connectivity index (χ4v) is 4.51. The summed E-state index contributed by atoms with van der Waals surface area (Å²) >= 11 is 0. The molecule has 0 aliphatic carbocycles. The second-order valence-electron chi connectivity index (χ2n) is 8.54. The smallest absolute Gasteiger partial charge is 0.256 e. The molecule has 6 heteroatoms. The number of hydrogen-bond donors (Lipinski definition) is 1. The summed E-state index contributed by atoms with van der Waals surface area (Å²) in [6.07, 6.45) is 3.92. The van der Waals surface area contributed by atoms with Crippen molar-refractivity contribution >= 4 is 5.91 Å². The second kappa shape index (κ2) is 8.74. The fourth-order valence-electron chi connectivity index (χ4n) is 4.51. The summed E-state index contributed by atoms with van der Waals surface area (Å²) in [6, 6.07) is 11.9. The average Bonchev–Trinajstić information content (AvgIpc) is 3.11. The van der Waals surface area contributed by atoms with Crippen LogP contribution >= 0.6 is 0 Å². The molecule has 0 aromatic heterocycles. The third-order valence-corrected chi connectivity index (χ3v) is 6.27. The van der Waals surface area contributed by atoms with E-state index in [2.05, 4.69) is 6.92 Å². The van der Waals surface area contributed by atoms with Crippen molar-refractivity contribution in [3.63, 3.8) is 0 Å². The quantitative estimate of drug-likeness (QED) is 0.801. The van der Waals surface area contributed by atoms with E-state index in [4.69, 9.17) is 15.2 Å². The summed E-state index contributed by atoms with van der Waals surface area (Å²) in [5.74, 6) is 0.274. The summed E-state index contributed by atoms with van der Waals surface area (Å²) in [4.78, 5) is 14.7. The van der Waals surface area contributed by atoms with Gasteiger partial charge >= 0.3 is 0 Å². The van der Waals surface area contributed by atoms with Crippen molar-refractivity contribution in [2.24, 2.45) is 11.1 Å². The Kier molecular flexibility index (Phi) is 6.06. The number of halogens is 1. The van der Waals surface area contributed by atoms with Crippen LogP contribution in [-0.2, 0) is 11.2 Å². The Morgan fingerprint density at radius 2 is 1.90 bits per heavy atom. The summed E-state index contributed by atoms with van der Waals surface area (Å²) in [6.45, 7) is 4.70. The number of rotatable bonds is 5. The van der Waals surface area contributed by atoms with Crippen molar-refractivity contribution in [3.05, 3.63) is 59.4 Å². The molecule has 2 aliphatic heterocycles.